The number of nitrogens with zero attached hydrogens (tertiary/aromatic N) is 1. The smallest absolute Gasteiger partial charge is 0.0972 e. The van der Waals surface area contributed by atoms with Crippen LogP contribution in [0.1, 0.15) is 6.42 Å². The van der Waals surface area contributed by atoms with Crippen molar-refractivity contribution in [1.29, 1.82) is 0 Å². The molecule has 0 aromatic rings. The number of rotatable bonds is 0. The van der Waals surface area contributed by atoms with Crippen molar-refractivity contribution in [3.8, 4) is 0 Å². The van der Waals surface area contributed by atoms with Crippen LogP contribution in [0.3, 0.4) is 0 Å². The molecule has 0 atom stereocenters. The standard InChI is InChI=1S/C5H13N2.HI/c1-7(2)5-3-4-6-7;/h6H,3-5H2,1-2H3;1H/q+1;/p-1. The first-order valence-electron chi connectivity index (χ1n) is 2.79. The highest BCUT2D eigenvalue weighted by Crippen LogP contribution is 1.99. The van der Waals surface area contributed by atoms with Crippen LogP contribution in [0.4, 0.5) is 0 Å². The van der Waals surface area contributed by atoms with Gasteiger partial charge in [-0.3, -0.25) is 4.59 Å². The van der Waals surface area contributed by atoms with E-state index in [0.717, 1.165) is 4.59 Å². The zero-order chi connectivity index (χ0) is 5.33. The van der Waals surface area contributed by atoms with E-state index in [9.17, 15) is 0 Å². The van der Waals surface area contributed by atoms with Crippen LogP contribution >= 0.6 is 0 Å². The molecule has 1 aliphatic heterocycles. The highest BCUT2D eigenvalue weighted by Gasteiger charge is 2.19. The molecule has 0 aromatic carbocycles. The summed E-state index contributed by atoms with van der Waals surface area (Å²) in [5, 5.41) is 0. The maximum atomic E-state index is 3.33. The summed E-state index contributed by atoms with van der Waals surface area (Å²) >= 11 is 0. The summed E-state index contributed by atoms with van der Waals surface area (Å²) in [6.45, 7) is 2.47. The molecule has 0 spiro atoms. The summed E-state index contributed by atoms with van der Waals surface area (Å²) in [4.78, 5) is 0. The molecule has 1 rings (SSSR count). The van der Waals surface area contributed by atoms with Gasteiger partial charge < -0.3 is 24.0 Å². The van der Waals surface area contributed by atoms with Crippen LogP contribution in [-0.2, 0) is 0 Å². The Morgan fingerprint density at radius 1 is 1.38 bits per heavy atom. The van der Waals surface area contributed by atoms with Gasteiger partial charge in [-0.1, -0.05) is 0 Å². The maximum absolute atomic E-state index is 3.33. The molecule has 0 aliphatic carbocycles. The van der Waals surface area contributed by atoms with Crippen LogP contribution in [0.5, 0.6) is 0 Å². The van der Waals surface area contributed by atoms with Crippen molar-refractivity contribution in [2.45, 2.75) is 6.42 Å². The summed E-state index contributed by atoms with van der Waals surface area (Å²) in [5.74, 6) is 0. The fourth-order valence-corrected chi connectivity index (χ4v) is 0.935. The molecular formula is C5H13IN2. The van der Waals surface area contributed by atoms with Crippen LogP contribution < -0.4 is 29.4 Å². The van der Waals surface area contributed by atoms with E-state index >= 15 is 0 Å². The molecule has 50 valence electrons. The largest absolute Gasteiger partial charge is 1.00 e. The Labute approximate surface area is 67.8 Å². The Kier molecular flexibility index (Phi) is 3.23. The Hall–Kier alpha value is 0.650. The van der Waals surface area contributed by atoms with Gasteiger partial charge in [0.1, 0.15) is 0 Å². The minimum absolute atomic E-state index is 0. The monoisotopic (exact) mass is 228 g/mol. The second kappa shape index (κ2) is 2.98. The van der Waals surface area contributed by atoms with E-state index < -0.39 is 0 Å². The first-order chi connectivity index (χ1) is 3.21. The average molecular weight is 228 g/mol. The molecule has 0 radical (unpaired) electrons. The SMILES string of the molecule is C[N+]1(C)CCCN1.[I-]. The number of halogens is 1. The van der Waals surface area contributed by atoms with E-state index in [0.29, 0.717) is 0 Å². The van der Waals surface area contributed by atoms with E-state index in [2.05, 4.69) is 19.5 Å². The normalized spacial score (nSPS) is 24.8. The van der Waals surface area contributed by atoms with E-state index in [1.807, 2.05) is 0 Å². The van der Waals surface area contributed by atoms with Gasteiger partial charge in [0.05, 0.1) is 20.6 Å². The Balaban J connectivity index is 0.000000490. The predicted molar refractivity (Wildman–Crippen MR) is 29.6 cm³/mol. The van der Waals surface area contributed by atoms with Crippen molar-refractivity contribution in [2.75, 3.05) is 27.2 Å². The van der Waals surface area contributed by atoms with Crippen molar-refractivity contribution in [3.63, 3.8) is 0 Å². The Morgan fingerprint density at radius 2 is 2.00 bits per heavy atom. The van der Waals surface area contributed by atoms with Crippen molar-refractivity contribution in [3.05, 3.63) is 0 Å². The summed E-state index contributed by atoms with van der Waals surface area (Å²) in [5.41, 5.74) is 3.33. The van der Waals surface area contributed by atoms with E-state index in [-0.39, 0.29) is 24.0 Å². The fourth-order valence-electron chi connectivity index (χ4n) is 0.935. The zero-order valence-electron chi connectivity index (χ0n) is 5.45. The van der Waals surface area contributed by atoms with Gasteiger partial charge in [0, 0.05) is 13.0 Å². The minimum Gasteiger partial charge on any atom is -1.00 e. The van der Waals surface area contributed by atoms with E-state index in [1.54, 1.807) is 0 Å². The van der Waals surface area contributed by atoms with Gasteiger partial charge in [-0.25, -0.2) is 0 Å². The van der Waals surface area contributed by atoms with Crippen LogP contribution in [0, 0.1) is 0 Å². The molecular weight excluding hydrogens is 215 g/mol. The van der Waals surface area contributed by atoms with Crippen LogP contribution in [0.15, 0.2) is 0 Å². The third kappa shape index (κ3) is 2.28. The summed E-state index contributed by atoms with van der Waals surface area (Å²) < 4.78 is 1.00. The molecule has 1 N–H and O–H groups in total. The summed E-state index contributed by atoms with van der Waals surface area (Å²) in [7, 11) is 4.38. The molecule has 0 bridgehead atoms. The first-order valence-corrected chi connectivity index (χ1v) is 2.79. The third-order valence-corrected chi connectivity index (χ3v) is 1.43. The molecule has 3 heteroatoms. The number of hydrogen-bond acceptors (Lipinski definition) is 1. The zero-order valence-corrected chi connectivity index (χ0v) is 7.60. The lowest BCUT2D eigenvalue weighted by atomic mass is 10.5. The Bertz CT molecular complexity index is 64.8. The lowest BCUT2D eigenvalue weighted by Crippen LogP contribution is -3.00. The van der Waals surface area contributed by atoms with Gasteiger partial charge in [-0.05, 0) is 0 Å². The average Bonchev–Trinajstić information content (AvgIpc) is 1.84. The second-order valence-corrected chi connectivity index (χ2v) is 2.67. The van der Waals surface area contributed by atoms with Crippen LogP contribution in [0.25, 0.3) is 0 Å². The topological polar surface area (TPSA) is 12.0 Å². The van der Waals surface area contributed by atoms with Gasteiger partial charge in [0.25, 0.3) is 0 Å². The quantitative estimate of drug-likeness (QED) is 0.343. The number of hydrogen-bond donors (Lipinski definition) is 1. The number of quaternary nitrogens is 1. The number of nitrogens with one attached hydrogen (secondary N) is 1. The minimum atomic E-state index is 0. The van der Waals surface area contributed by atoms with Crippen LogP contribution in [-0.4, -0.2) is 31.8 Å². The maximum Gasteiger partial charge on any atom is 0.0972 e. The van der Waals surface area contributed by atoms with Gasteiger partial charge >= 0.3 is 0 Å². The van der Waals surface area contributed by atoms with Gasteiger partial charge in [-0.15, -0.1) is 0 Å². The highest BCUT2D eigenvalue weighted by atomic mass is 127. The molecule has 1 aliphatic rings. The molecule has 0 amide bonds. The molecule has 1 fully saturated rings. The van der Waals surface area contributed by atoms with Crippen molar-refractivity contribution >= 4 is 0 Å². The third-order valence-electron chi connectivity index (χ3n) is 1.43. The lowest BCUT2D eigenvalue weighted by molar-refractivity contribution is -0.920. The van der Waals surface area contributed by atoms with Crippen LogP contribution in [0.2, 0.25) is 0 Å². The highest BCUT2D eigenvalue weighted by molar-refractivity contribution is 4.43. The van der Waals surface area contributed by atoms with Crippen molar-refractivity contribution in [1.82, 2.24) is 5.43 Å². The molecule has 1 heterocycles. The molecule has 8 heavy (non-hydrogen) atoms. The molecule has 1 saturated heterocycles. The Morgan fingerprint density at radius 3 is 2.12 bits per heavy atom. The fraction of sp³-hybridized carbons (Fsp3) is 1.00. The van der Waals surface area contributed by atoms with E-state index in [1.165, 1.54) is 19.5 Å². The van der Waals surface area contributed by atoms with Crippen molar-refractivity contribution in [2.24, 2.45) is 0 Å². The molecule has 0 saturated carbocycles. The van der Waals surface area contributed by atoms with Gasteiger partial charge in [-0.2, -0.15) is 5.43 Å². The lowest BCUT2D eigenvalue weighted by Gasteiger charge is -2.20. The predicted octanol–water partition coefficient (Wildman–Crippen LogP) is -3.02. The molecule has 2 nitrogen and oxygen atoms in total. The van der Waals surface area contributed by atoms with Gasteiger partial charge in [0.2, 0.25) is 0 Å². The van der Waals surface area contributed by atoms with E-state index in [4.69, 9.17) is 0 Å². The summed E-state index contributed by atoms with van der Waals surface area (Å²) in [6.07, 6.45) is 1.33. The molecule has 0 unspecified atom stereocenters. The summed E-state index contributed by atoms with van der Waals surface area (Å²) in [6, 6.07) is 0. The van der Waals surface area contributed by atoms with Crippen molar-refractivity contribution < 1.29 is 28.6 Å². The first kappa shape index (κ1) is 8.65. The molecule has 0 aromatic heterocycles. The second-order valence-electron chi connectivity index (χ2n) is 2.67. The van der Waals surface area contributed by atoms with Gasteiger partial charge in [0.15, 0.2) is 0 Å².